The number of carbonyl (C=O) groups excluding carboxylic acids is 1. The molecule has 0 bridgehead atoms. The van der Waals surface area contributed by atoms with E-state index in [1.807, 2.05) is 6.92 Å². The van der Waals surface area contributed by atoms with Gasteiger partial charge in [-0.25, -0.2) is 8.42 Å². The molecule has 3 rings (SSSR count). The number of amides is 1. The predicted octanol–water partition coefficient (Wildman–Crippen LogP) is 4.28. The van der Waals surface area contributed by atoms with Crippen LogP contribution in [-0.2, 0) is 10.0 Å². The Morgan fingerprint density at radius 1 is 1.07 bits per heavy atom. The van der Waals surface area contributed by atoms with E-state index in [1.54, 1.807) is 36.4 Å². The highest BCUT2D eigenvalue weighted by Gasteiger charge is 2.26. The van der Waals surface area contributed by atoms with Gasteiger partial charge < -0.3 is 10.1 Å². The number of hydrogen-bond donors (Lipinski definition) is 1. The molecule has 1 aliphatic carbocycles. The largest absolute Gasteiger partial charge is 0.495 e. The summed E-state index contributed by atoms with van der Waals surface area (Å²) >= 11 is 0. The van der Waals surface area contributed by atoms with E-state index in [9.17, 15) is 13.2 Å². The average molecular weight is 431 g/mol. The number of ether oxygens (including phenoxy) is 1. The zero-order valence-corrected chi connectivity index (χ0v) is 18.7. The highest BCUT2D eigenvalue weighted by atomic mass is 32.2. The molecule has 0 radical (unpaired) electrons. The van der Waals surface area contributed by atoms with Crippen molar-refractivity contribution in [2.75, 3.05) is 18.5 Å². The van der Waals surface area contributed by atoms with Gasteiger partial charge in [-0.15, -0.1) is 0 Å². The minimum atomic E-state index is -3.86. The van der Waals surface area contributed by atoms with Crippen LogP contribution in [0.3, 0.4) is 0 Å². The maximum absolute atomic E-state index is 13.3. The third-order valence-electron chi connectivity index (χ3n) is 5.73. The van der Waals surface area contributed by atoms with Crippen LogP contribution in [-0.4, -0.2) is 34.5 Å². The maximum Gasteiger partial charge on any atom is 0.264 e. The first-order valence-electron chi connectivity index (χ1n) is 10.4. The summed E-state index contributed by atoms with van der Waals surface area (Å²) in [5, 5.41) is 3.11. The molecule has 7 heteroatoms. The van der Waals surface area contributed by atoms with Gasteiger partial charge in [0.2, 0.25) is 0 Å². The van der Waals surface area contributed by atoms with E-state index in [0.717, 1.165) is 31.2 Å². The van der Waals surface area contributed by atoms with E-state index in [4.69, 9.17) is 4.74 Å². The van der Waals surface area contributed by atoms with E-state index in [-0.39, 0.29) is 16.8 Å². The number of hydrogen-bond acceptors (Lipinski definition) is 4. The van der Waals surface area contributed by atoms with Gasteiger partial charge in [-0.1, -0.05) is 43.9 Å². The maximum atomic E-state index is 13.3. The lowest BCUT2D eigenvalue weighted by molar-refractivity contribution is 0.0932. The Hall–Kier alpha value is -2.54. The molecular weight excluding hydrogens is 400 g/mol. The van der Waals surface area contributed by atoms with Crippen LogP contribution in [0.5, 0.6) is 5.75 Å². The lowest BCUT2D eigenvalue weighted by atomic mass is 10.1. The summed E-state index contributed by atoms with van der Waals surface area (Å²) in [5.41, 5.74) is 1.58. The Labute approximate surface area is 179 Å². The van der Waals surface area contributed by atoms with Gasteiger partial charge in [0.1, 0.15) is 5.75 Å². The van der Waals surface area contributed by atoms with Crippen LogP contribution in [0, 0.1) is 6.92 Å². The molecule has 0 saturated heterocycles. The lowest BCUT2D eigenvalue weighted by Gasteiger charge is -2.22. The van der Waals surface area contributed by atoms with E-state index in [0.29, 0.717) is 17.0 Å². The molecule has 0 unspecified atom stereocenters. The Kier molecular flexibility index (Phi) is 7.02. The molecule has 0 aliphatic heterocycles. The molecule has 6 nitrogen and oxygen atoms in total. The topological polar surface area (TPSA) is 75.7 Å². The van der Waals surface area contributed by atoms with Crippen molar-refractivity contribution in [3.05, 3.63) is 53.6 Å². The molecule has 1 amide bonds. The quantitative estimate of drug-likeness (QED) is 0.694. The van der Waals surface area contributed by atoms with Gasteiger partial charge in [0.25, 0.3) is 15.9 Å². The van der Waals surface area contributed by atoms with E-state index in [1.165, 1.54) is 37.4 Å². The Balaban J connectivity index is 1.88. The Morgan fingerprint density at radius 2 is 1.73 bits per heavy atom. The van der Waals surface area contributed by atoms with Gasteiger partial charge in [0.15, 0.2) is 0 Å². The molecular formula is C23H30N2O4S. The number of anilines is 1. The number of sulfonamides is 1. The molecule has 0 aromatic heterocycles. The molecule has 1 fully saturated rings. The monoisotopic (exact) mass is 430 g/mol. The number of nitrogens with one attached hydrogen (secondary N) is 1. The van der Waals surface area contributed by atoms with Gasteiger partial charge in [-0.2, -0.15) is 0 Å². The fourth-order valence-corrected chi connectivity index (χ4v) is 5.10. The molecule has 2 aromatic rings. The SMILES string of the molecule is COc1ccccc1N(C)S(=O)(=O)c1ccc(C)c(C(=O)NC2CCCCCC2)c1. The highest BCUT2D eigenvalue weighted by molar-refractivity contribution is 7.92. The van der Waals surface area contributed by atoms with Crippen LogP contribution < -0.4 is 14.4 Å². The Bertz CT molecular complexity index is 996. The summed E-state index contributed by atoms with van der Waals surface area (Å²) in [7, 11) is -0.877. The number of rotatable bonds is 6. The van der Waals surface area contributed by atoms with Crippen LogP contribution in [0.4, 0.5) is 5.69 Å². The second kappa shape index (κ2) is 9.51. The summed E-state index contributed by atoms with van der Waals surface area (Å²) < 4.78 is 33.0. The lowest BCUT2D eigenvalue weighted by Crippen LogP contribution is -2.35. The molecule has 1 saturated carbocycles. The number of methoxy groups -OCH3 is 1. The second-order valence-electron chi connectivity index (χ2n) is 7.78. The van der Waals surface area contributed by atoms with Crippen molar-refractivity contribution in [3.63, 3.8) is 0 Å². The summed E-state index contributed by atoms with van der Waals surface area (Å²) in [6.45, 7) is 1.82. The minimum absolute atomic E-state index is 0.0764. The minimum Gasteiger partial charge on any atom is -0.495 e. The highest BCUT2D eigenvalue weighted by Crippen LogP contribution is 2.31. The van der Waals surface area contributed by atoms with Crippen molar-refractivity contribution in [2.24, 2.45) is 0 Å². The standard InChI is InChI=1S/C23H30N2O4S/c1-17-14-15-19(16-20(17)23(26)24-18-10-6-4-5-7-11-18)30(27,28)25(2)21-12-8-9-13-22(21)29-3/h8-9,12-16,18H,4-7,10-11H2,1-3H3,(H,24,26). The van der Waals surface area contributed by atoms with Crippen molar-refractivity contribution in [3.8, 4) is 5.75 Å². The van der Waals surface area contributed by atoms with Crippen LogP contribution in [0.15, 0.2) is 47.4 Å². The third kappa shape index (κ3) is 4.78. The average Bonchev–Trinajstić information content (AvgIpc) is 3.01. The second-order valence-corrected chi connectivity index (χ2v) is 9.75. The number of para-hydroxylation sites is 2. The number of benzene rings is 2. The first-order chi connectivity index (χ1) is 14.3. The van der Waals surface area contributed by atoms with Crippen molar-refractivity contribution >= 4 is 21.6 Å². The van der Waals surface area contributed by atoms with E-state index < -0.39 is 10.0 Å². The van der Waals surface area contributed by atoms with Gasteiger partial charge in [0, 0.05) is 18.7 Å². The first kappa shape index (κ1) is 22.2. The van der Waals surface area contributed by atoms with Crippen LogP contribution in [0.1, 0.15) is 54.4 Å². The number of nitrogens with zero attached hydrogens (tertiary/aromatic N) is 1. The summed E-state index contributed by atoms with van der Waals surface area (Å²) in [6.07, 6.45) is 6.57. The summed E-state index contributed by atoms with van der Waals surface area (Å²) in [4.78, 5) is 13.0. The van der Waals surface area contributed by atoms with Crippen LogP contribution >= 0.6 is 0 Å². The van der Waals surface area contributed by atoms with Gasteiger partial charge in [-0.3, -0.25) is 9.10 Å². The summed E-state index contributed by atoms with van der Waals surface area (Å²) in [6, 6.07) is 11.8. The molecule has 1 N–H and O–H groups in total. The summed E-state index contributed by atoms with van der Waals surface area (Å²) in [5.74, 6) is 0.249. The molecule has 0 heterocycles. The first-order valence-corrected chi connectivity index (χ1v) is 11.8. The zero-order valence-electron chi connectivity index (χ0n) is 17.8. The molecule has 30 heavy (non-hydrogen) atoms. The van der Waals surface area contributed by atoms with Crippen molar-refractivity contribution in [1.82, 2.24) is 5.32 Å². The fourth-order valence-electron chi connectivity index (χ4n) is 3.87. The molecule has 1 aliphatic rings. The molecule has 2 aromatic carbocycles. The van der Waals surface area contributed by atoms with Crippen LogP contribution in [0.2, 0.25) is 0 Å². The fraction of sp³-hybridized carbons (Fsp3) is 0.435. The molecule has 162 valence electrons. The van der Waals surface area contributed by atoms with Gasteiger partial charge in [-0.05, 0) is 49.6 Å². The van der Waals surface area contributed by atoms with Crippen molar-refractivity contribution < 1.29 is 17.9 Å². The molecule has 0 atom stereocenters. The predicted molar refractivity (Wildman–Crippen MR) is 119 cm³/mol. The van der Waals surface area contributed by atoms with Gasteiger partial charge in [0.05, 0.1) is 17.7 Å². The van der Waals surface area contributed by atoms with Crippen LogP contribution in [0.25, 0.3) is 0 Å². The number of aryl methyl sites for hydroxylation is 1. The van der Waals surface area contributed by atoms with Crippen molar-refractivity contribution in [1.29, 1.82) is 0 Å². The number of carbonyl (C=O) groups is 1. The molecule has 0 spiro atoms. The van der Waals surface area contributed by atoms with E-state index in [2.05, 4.69) is 5.32 Å². The normalized spacial score (nSPS) is 15.3. The van der Waals surface area contributed by atoms with Crippen molar-refractivity contribution in [2.45, 2.75) is 56.4 Å². The third-order valence-corrected chi connectivity index (χ3v) is 7.49. The smallest absolute Gasteiger partial charge is 0.264 e. The van der Waals surface area contributed by atoms with E-state index >= 15 is 0 Å². The van der Waals surface area contributed by atoms with Gasteiger partial charge >= 0.3 is 0 Å². The zero-order chi connectivity index (χ0) is 21.7. The Morgan fingerprint density at radius 3 is 2.40 bits per heavy atom.